The zero-order chi connectivity index (χ0) is 18.1. The van der Waals surface area contributed by atoms with Crippen molar-refractivity contribution in [1.82, 2.24) is 15.5 Å². The molecule has 0 atom stereocenters. The third-order valence-corrected chi connectivity index (χ3v) is 4.61. The van der Waals surface area contributed by atoms with Gasteiger partial charge < -0.3 is 10.6 Å². The third-order valence-electron chi connectivity index (χ3n) is 3.39. The normalized spacial score (nSPS) is 10.5. The van der Waals surface area contributed by atoms with Gasteiger partial charge in [-0.05, 0) is 31.0 Å². The molecule has 2 amide bonds. The summed E-state index contributed by atoms with van der Waals surface area (Å²) in [5.41, 5.74) is 0.609. The van der Waals surface area contributed by atoms with Gasteiger partial charge in [-0.3, -0.25) is 9.59 Å². The number of carbonyl (C=O) groups is 2. The van der Waals surface area contributed by atoms with Gasteiger partial charge in [-0.2, -0.15) is 0 Å². The lowest BCUT2D eigenvalue weighted by Crippen LogP contribution is -2.23. The molecule has 0 fully saturated rings. The number of nitrogens with zero attached hydrogens (tertiary/aromatic N) is 2. The smallest absolute Gasteiger partial charge is 0.286 e. The van der Waals surface area contributed by atoms with Crippen LogP contribution in [-0.2, 0) is 11.2 Å². The van der Waals surface area contributed by atoms with Gasteiger partial charge in [0.05, 0.1) is 0 Å². The van der Waals surface area contributed by atoms with Crippen LogP contribution in [0.2, 0.25) is 5.02 Å². The molecular weight excluding hydrogens is 360 g/mol. The molecule has 2 aromatic rings. The maximum absolute atomic E-state index is 12.2. The minimum absolute atomic E-state index is 0.0527. The molecule has 134 valence electrons. The van der Waals surface area contributed by atoms with E-state index in [0.29, 0.717) is 35.0 Å². The fourth-order valence-corrected chi connectivity index (χ4v) is 3.06. The molecule has 0 saturated carbocycles. The molecule has 8 heteroatoms. The van der Waals surface area contributed by atoms with E-state index >= 15 is 0 Å². The highest BCUT2D eigenvalue weighted by Crippen LogP contribution is 2.18. The second kappa shape index (κ2) is 10.1. The molecule has 0 bridgehead atoms. The maximum atomic E-state index is 12.2. The summed E-state index contributed by atoms with van der Waals surface area (Å²) in [5, 5.41) is 15.1. The van der Waals surface area contributed by atoms with E-state index in [1.807, 2.05) is 0 Å². The summed E-state index contributed by atoms with van der Waals surface area (Å²) in [6, 6.07) is 6.91. The number of benzene rings is 1. The van der Waals surface area contributed by atoms with E-state index in [1.54, 1.807) is 24.3 Å². The fraction of sp³-hybridized carbons (Fsp3) is 0.412. The van der Waals surface area contributed by atoms with Gasteiger partial charge >= 0.3 is 0 Å². The van der Waals surface area contributed by atoms with Crippen molar-refractivity contribution in [2.75, 3.05) is 11.9 Å². The molecule has 0 aliphatic carbocycles. The van der Waals surface area contributed by atoms with E-state index in [0.717, 1.165) is 24.4 Å². The van der Waals surface area contributed by atoms with Crippen LogP contribution in [0.25, 0.3) is 0 Å². The largest absolute Gasteiger partial charge is 0.356 e. The van der Waals surface area contributed by atoms with Crippen LogP contribution in [0.4, 0.5) is 5.69 Å². The summed E-state index contributed by atoms with van der Waals surface area (Å²) in [5.74, 6) is -0.264. The number of aromatic nitrogens is 2. The second-order valence-electron chi connectivity index (χ2n) is 5.52. The first kappa shape index (κ1) is 19.3. The molecule has 0 radical (unpaired) electrons. The van der Waals surface area contributed by atoms with E-state index in [1.165, 1.54) is 11.3 Å². The van der Waals surface area contributed by atoms with Crippen LogP contribution in [0.1, 0.15) is 47.4 Å². The zero-order valence-corrected chi connectivity index (χ0v) is 15.6. The van der Waals surface area contributed by atoms with Crippen molar-refractivity contribution < 1.29 is 9.59 Å². The molecule has 25 heavy (non-hydrogen) atoms. The van der Waals surface area contributed by atoms with Crippen molar-refractivity contribution in [3.8, 4) is 0 Å². The highest BCUT2D eigenvalue weighted by Gasteiger charge is 2.13. The summed E-state index contributed by atoms with van der Waals surface area (Å²) in [7, 11) is 0. The van der Waals surface area contributed by atoms with Crippen molar-refractivity contribution in [1.29, 1.82) is 0 Å². The molecule has 1 aromatic carbocycles. The van der Waals surface area contributed by atoms with Crippen molar-refractivity contribution in [3.05, 3.63) is 39.3 Å². The quantitative estimate of drug-likeness (QED) is 0.650. The van der Waals surface area contributed by atoms with E-state index in [-0.39, 0.29) is 11.8 Å². The van der Waals surface area contributed by atoms with Crippen LogP contribution >= 0.6 is 22.9 Å². The Hall–Kier alpha value is -1.99. The predicted molar refractivity (Wildman–Crippen MR) is 100 cm³/mol. The first-order valence-electron chi connectivity index (χ1n) is 8.24. The predicted octanol–water partition coefficient (Wildman–Crippen LogP) is 3.68. The van der Waals surface area contributed by atoms with Crippen LogP contribution in [0, 0.1) is 0 Å². The van der Waals surface area contributed by atoms with Gasteiger partial charge in [-0.25, -0.2) is 0 Å². The number of aryl methyl sites for hydroxylation is 1. The zero-order valence-electron chi connectivity index (χ0n) is 14.0. The van der Waals surface area contributed by atoms with E-state index in [9.17, 15) is 9.59 Å². The first-order chi connectivity index (χ1) is 12.1. The second-order valence-corrected chi connectivity index (χ2v) is 7.02. The summed E-state index contributed by atoms with van der Waals surface area (Å²) < 4.78 is 0. The standard InChI is InChI=1S/C17H21ClN4O2S/c1-2-3-10-19-14(23)8-5-9-15-21-22-17(25-15)16(24)20-13-7-4-6-12(18)11-13/h4,6-7,11H,2-3,5,8-10H2,1H3,(H,19,23)(H,20,24). The van der Waals surface area contributed by atoms with Gasteiger partial charge in [0.1, 0.15) is 5.01 Å². The fourth-order valence-electron chi connectivity index (χ4n) is 2.09. The van der Waals surface area contributed by atoms with E-state index < -0.39 is 0 Å². The number of carbonyl (C=O) groups excluding carboxylic acids is 2. The highest BCUT2D eigenvalue weighted by atomic mass is 35.5. The Labute approximate surface area is 156 Å². The molecule has 0 aliphatic rings. The first-order valence-corrected chi connectivity index (χ1v) is 9.44. The number of rotatable bonds is 9. The van der Waals surface area contributed by atoms with Gasteiger partial charge in [-0.1, -0.05) is 42.3 Å². The number of anilines is 1. The molecule has 0 unspecified atom stereocenters. The summed E-state index contributed by atoms with van der Waals surface area (Å²) in [6.45, 7) is 2.81. The minimum atomic E-state index is -0.316. The average Bonchev–Trinajstić information content (AvgIpc) is 3.04. The summed E-state index contributed by atoms with van der Waals surface area (Å²) in [6.07, 6.45) is 3.82. The Morgan fingerprint density at radius 2 is 2.08 bits per heavy atom. The molecule has 0 aliphatic heterocycles. The number of hydrogen-bond acceptors (Lipinski definition) is 5. The van der Waals surface area contributed by atoms with Crippen LogP contribution < -0.4 is 10.6 Å². The molecule has 1 heterocycles. The van der Waals surface area contributed by atoms with Crippen molar-refractivity contribution in [2.24, 2.45) is 0 Å². The van der Waals surface area contributed by atoms with Crippen molar-refractivity contribution >= 4 is 40.4 Å². The molecule has 0 spiro atoms. The lowest BCUT2D eigenvalue weighted by Gasteiger charge is -2.03. The van der Waals surface area contributed by atoms with E-state index in [2.05, 4.69) is 27.8 Å². The summed E-state index contributed by atoms with van der Waals surface area (Å²) >= 11 is 7.13. The molecule has 1 aromatic heterocycles. The molecule has 0 saturated heterocycles. The maximum Gasteiger partial charge on any atom is 0.286 e. The molecule has 6 nitrogen and oxygen atoms in total. The van der Waals surface area contributed by atoms with Crippen molar-refractivity contribution in [3.63, 3.8) is 0 Å². The number of unbranched alkanes of at least 4 members (excludes halogenated alkanes) is 1. The van der Waals surface area contributed by atoms with Crippen molar-refractivity contribution in [2.45, 2.75) is 39.0 Å². The number of halogens is 1. The molecule has 2 rings (SSSR count). The lowest BCUT2D eigenvalue weighted by atomic mass is 10.2. The Morgan fingerprint density at radius 3 is 2.84 bits per heavy atom. The third kappa shape index (κ3) is 6.80. The Morgan fingerprint density at radius 1 is 1.24 bits per heavy atom. The van der Waals surface area contributed by atoms with Gasteiger partial charge in [-0.15, -0.1) is 10.2 Å². The summed E-state index contributed by atoms with van der Waals surface area (Å²) in [4.78, 5) is 23.8. The minimum Gasteiger partial charge on any atom is -0.356 e. The average molecular weight is 381 g/mol. The monoisotopic (exact) mass is 380 g/mol. The highest BCUT2D eigenvalue weighted by molar-refractivity contribution is 7.13. The van der Waals surface area contributed by atoms with Gasteiger partial charge in [0.2, 0.25) is 10.9 Å². The topological polar surface area (TPSA) is 84.0 Å². The van der Waals surface area contributed by atoms with Crippen LogP contribution in [-0.4, -0.2) is 28.6 Å². The SMILES string of the molecule is CCCCNC(=O)CCCc1nnc(C(=O)Nc2cccc(Cl)c2)s1. The lowest BCUT2D eigenvalue weighted by molar-refractivity contribution is -0.121. The molecular formula is C17H21ClN4O2S. The Balaban J connectivity index is 1.77. The van der Waals surface area contributed by atoms with Gasteiger partial charge in [0.25, 0.3) is 5.91 Å². The van der Waals surface area contributed by atoms with E-state index in [4.69, 9.17) is 11.6 Å². The number of amides is 2. The Bertz CT molecular complexity index is 720. The van der Waals surface area contributed by atoms with Crippen LogP contribution in [0.3, 0.4) is 0 Å². The van der Waals surface area contributed by atoms with Gasteiger partial charge in [0, 0.05) is 30.1 Å². The number of hydrogen-bond donors (Lipinski definition) is 2. The van der Waals surface area contributed by atoms with Gasteiger partial charge in [0.15, 0.2) is 0 Å². The van der Waals surface area contributed by atoms with Crippen LogP contribution in [0.15, 0.2) is 24.3 Å². The molecule has 2 N–H and O–H groups in total. The van der Waals surface area contributed by atoms with Crippen LogP contribution in [0.5, 0.6) is 0 Å². The number of nitrogens with one attached hydrogen (secondary N) is 2. The Kier molecular flexibility index (Phi) is 7.81.